The molecule has 1 N–H and O–H groups in total. The van der Waals surface area contributed by atoms with E-state index in [0.29, 0.717) is 18.1 Å². The number of oxazole rings is 1. The zero-order valence-electron chi connectivity index (χ0n) is 15.9. The quantitative estimate of drug-likeness (QED) is 0.689. The molecular formula is C23H21N3O3. The second kappa shape index (κ2) is 6.88. The largest absolute Gasteiger partial charge is 0.439 e. The molecule has 6 heteroatoms. The van der Waals surface area contributed by atoms with Crippen LogP contribution < -0.4 is 5.32 Å². The Hall–Kier alpha value is -3.41. The van der Waals surface area contributed by atoms with Gasteiger partial charge in [-0.15, -0.1) is 0 Å². The molecule has 29 heavy (non-hydrogen) atoms. The highest BCUT2D eigenvalue weighted by Crippen LogP contribution is 2.39. The fraction of sp³-hybridized carbons (Fsp3) is 0.261. The predicted molar refractivity (Wildman–Crippen MR) is 107 cm³/mol. The maximum absolute atomic E-state index is 13.5. The molecule has 146 valence electrons. The lowest BCUT2D eigenvalue weighted by Gasteiger charge is -2.27. The molecular weight excluding hydrogens is 366 g/mol. The molecule has 1 saturated heterocycles. The Morgan fingerprint density at radius 2 is 1.83 bits per heavy atom. The van der Waals surface area contributed by atoms with E-state index in [4.69, 9.17) is 4.42 Å². The van der Waals surface area contributed by atoms with Crippen LogP contribution in [0.15, 0.2) is 65.2 Å². The van der Waals surface area contributed by atoms with E-state index >= 15 is 0 Å². The zero-order valence-corrected chi connectivity index (χ0v) is 15.9. The predicted octanol–water partition coefficient (Wildman–Crippen LogP) is 4.02. The molecule has 1 spiro atoms. The molecule has 1 unspecified atom stereocenters. The van der Waals surface area contributed by atoms with Crippen LogP contribution in [0.5, 0.6) is 0 Å². The summed E-state index contributed by atoms with van der Waals surface area (Å²) in [5.41, 5.74) is 1.95. The highest BCUT2D eigenvalue weighted by atomic mass is 16.4. The monoisotopic (exact) mass is 387 g/mol. The highest BCUT2D eigenvalue weighted by molar-refractivity contribution is 6.07. The number of hydrogen-bond acceptors (Lipinski definition) is 4. The first-order valence-corrected chi connectivity index (χ1v) is 9.90. The number of nitrogens with one attached hydrogen (secondary N) is 1. The molecule has 3 aromatic rings. The number of urea groups is 1. The van der Waals surface area contributed by atoms with Crippen molar-refractivity contribution in [1.29, 1.82) is 0 Å². The molecule has 2 aromatic carbocycles. The standard InChI is InChI=1S/C23H21N3O3/c27-21-23(13-7-6-9-16-8-4-5-12-18(16)23)25-22(28)26(21)15-20-24-14-19(29-20)17-10-2-1-3-11-17/h1-5,8,10-12,14H,6-7,9,13,15H2,(H,25,28). The number of benzene rings is 2. The molecule has 5 rings (SSSR count). The summed E-state index contributed by atoms with van der Waals surface area (Å²) in [5, 5.41) is 2.99. The Morgan fingerprint density at radius 1 is 1.03 bits per heavy atom. The molecule has 1 fully saturated rings. The number of carbonyl (C=O) groups is 2. The van der Waals surface area contributed by atoms with Gasteiger partial charge in [0.15, 0.2) is 5.76 Å². The third kappa shape index (κ3) is 2.92. The van der Waals surface area contributed by atoms with E-state index in [1.807, 2.05) is 54.6 Å². The average molecular weight is 387 g/mol. The number of carbonyl (C=O) groups excluding carboxylic acids is 2. The van der Waals surface area contributed by atoms with E-state index < -0.39 is 11.6 Å². The van der Waals surface area contributed by atoms with Crippen LogP contribution in [0, 0.1) is 0 Å². The zero-order chi connectivity index (χ0) is 19.8. The summed E-state index contributed by atoms with van der Waals surface area (Å²) >= 11 is 0. The minimum atomic E-state index is -0.987. The fourth-order valence-corrected chi connectivity index (χ4v) is 4.37. The van der Waals surface area contributed by atoms with Crippen LogP contribution in [0.1, 0.15) is 36.3 Å². The van der Waals surface area contributed by atoms with Crippen molar-refractivity contribution in [2.24, 2.45) is 0 Å². The van der Waals surface area contributed by atoms with Gasteiger partial charge in [-0.1, -0.05) is 54.6 Å². The number of nitrogens with zero attached hydrogens (tertiary/aromatic N) is 2. The summed E-state index contributed by atoms with van der Waals surface area (Å²) in [6.07, 6.45) is 5.03. The second-order valence-electron chi connectivity index (χ2n) is 7.58. The molecule has 0 saturated carbocycles. The van der Waals surface area contributed by atoms with Gasteiger partial charge in [-0.05, 0) is 36.8 Å². The summed E-state index contributed by atoms with van der Waals surface area (Å²) in [6.45, 7) is 0.0153. The van der Waals surface area contributed by atoms with Crippen molar-refractivity contribution in [2.75, 3.05) is 0 Å². The van der Waals surface area contributed by atoms with E-state index in [-0.39, 0.29) is 12.5 Å². The minimum absolute atomic E-state index is 0.0153. The van der Waals surface area contributed by atoms with Crippen LogP contribution in [0.4, 0.5) is 4.79 Å². The molecule has 1 aliphatic heterocycles. The number of imide groups is 1. The van der Waals surface area contributed by atoms with Crippen LogP contribution in [0.3, 0.4) is 0 Å². The number of hydrogen-bond donors (Lipinski definition) is 1. The van der Waals surface area contributed by atoms with Crippen molar-refractivity contribution in [3.05, 3.63) is 77.8 Å². The van der Waals surface area contributed by atoms with Crippen LogP contribution in [0.2, 0.25) is 0 Å². The van der Waals surface area contributed by atoms with Crippen molar-refractivity contribution in [1.82, 2.24) is 15.2 Å². The Bertz CT molecular complexity index is 1080. The minimum Gasteiger partial charge on any atom is -0.439 e. The first kappa shape index (κ1) is 17.7. The van der Waals surface area contributed by atoms with Crippen molar-refractivity contribution >= 4 is 11.9 Å². The summed E-state index contributed by atoms with van der Waals surface area (Å²) in [4.78, 5) is 31.8. The topological polar surface area (TPSA) is 75.4 Å². The third-order valence-corrected chi connectivity index (χ3v) is 5.81. The number of rotatable bonds is 3. The first-order valence-electron chi connectivity index (χ1n) is 9.90. The molecule has 1 aliphatic carbocycles. The van der Waals surface area contributed by atoms with Gasteiger partial charge in [-0.2, -0.15) is 0 Å². The number of aryl methyl sites for hydroxylation is 1. The van der Waals surface area contributed by atoms with E-state index in [1.54, 1.807) is 6.20 Å². The van der Waals surface area contributed by atoms with E-state index in [0.717, 1.165) is 36.0 Å². The SMILES string of the molecule is O=C1NC2(CCCCc3ccccc32)C(=O)N1Cc1ncc(-c2ccccc2)o1. The molecule has 3 amide bonds. The van der Waals surface area contributed by atoms with Crippen molar-refractivity contribution in [3.8, 4) is 11.3 Å². The van der Waals surface area contributed by atoms with E-state index in [9.17, 15) is 9.59 Å². The molecule has 0 radical (unpaired) electrons. The fourth-order valence-electron chi connectivity index (χ4n) is 4.37. The third-order valence-electron chi connectivity index (χ3n) is 5.81. The Morgan fingerprint density at radius 3 is 2.69 bits per heavy atom. The molecule has 2 aliphatic rings. The highest BCUT2D eigenvalue weighted by Gasteiger charge is 2.53. The van der Waals surface area contributed by atoms with E-state index in [2.05, 4.69) is 10.3 Å². The molecule has 2 heterocycles. The van der Waals surface area contributed by atoms with Crippen molar-refractivity contribution < 1.29 is 14.0 Å². The summed E-state index contributed by atoms with van der Waals surface area (Å²) in [7, 11) is 0. The summed E-state index contributed by atoms with van der Waals surface area (Å²) in [5.74, 6) is 0.727. The average Bonchev–Trinajstić information content (AvgIpc) is 3.25. The Labute approximate surface area is 168 Å². The van der Waals surface area contributed by atoms with Crippen molar-refractivity contribution in [2.45, 2.75) is 37.8 Å². The van der Waals surface area contributed by atoms with E-state index in [1.165, 1.54) is 4.90 Å². The van der Waals surface area contributed by atoms with Gasteiger partial charge < -0.3 is 9.73 Å². The van der Waals surface area contributed by atoms with Gasteiger partial charge >= 0.3 is 6.03 Å². The molecule has 0 bridgehead atoms. The van der Waals surface area contributed by atoms with Gasteiger partial charge in [0.1, 0.15) is 12.1 Å². The molecule has 6 nitrogen and oxygen atoms in total. The molecule has 1 aromatic heterocycles. The second-order valence-corrected chi connectivity index (χ2v) is 7.58. The maximum atomic E-state index is 13.5. The lowest BCUT2D eigenvalue weighted by atomic mass is 9.84. The Balaban J connectivity index is 1.44. The van der Waals surface area contributed by atoms with Crippen molar-refractivity contribution in [3.63, 3.8) is 0 Å². The van der Waals surface area contributed by atoms with Crippen LogP contribution in [0.25, 0.3) is 11.3 Å². The number of aromatic nitrogens is 1. The van der Waals surface area contributed by atoms with Crippen LogP contribution >= 0.6 is 0 Å². The first-order chi connectivity index (χ1) is 14.2. The normalized spacial score (nSPS) is 21.2. The van der Waals surface area contributed by atoms with Crippen LogP contribution in [-0.2, 0) is 23.3 Å². The van der Waals surface area contributed by atoms with Gasteiger partial charge in [-0.3, -0.25) is 9.69 Å². The lowest BCUT2D eigenvalue weighted by molar-refractivity contribution is -0.132. The van der Waals surface area contributed by atoms with Gasteiger partial charge in [0, 0.05) is 5.56 Å². The summed E-state index contributed by atoms with van der Waals surface area (Å²) < 4.78 is 5.81. The lowest BCUT2D eigenvalue weighted by Crippen LogP contribution is -2.44. The van der Waals surface area contributed by atoms with Gasteiger partial charge in [0.25, 0.3) is 5.91 Å². The number of fused-ring (bicyclic) bond motifs is 2. The maximum Gasteiger partial charge on any atom is 0.325 e. The van der Waals surface area contributed by atoms with Gasteiger partial charge in [0.2, 0.25) is 5.89 Å². The van der Waals surface area contributed by atoms with Gasteiger partial charge in [-0.25, -0.2) is 9.78 Å². The van der Waals surface area contributed by atoms with Gasteiger partial charge in [0.05, 0.1) is 6.20 Å². The smallest absolute Gasteiger partial charge is 0.325 e. The Kier molecular flexibility index (Phi) is 4.19. The number of amides is 3. The molecule has 1 atom stereocenters. The summed E-state index contributed by atoms with van der Waals surface area (Å²) in [6, 6.07) is 17.1. The van der Waals surface area contributed by atoms with Crippen LogP contribution in [-0.4, -0.2) is 21.8 Å².